The second-order valence-corrected chi connectivity index (χ2v) is 11.2. The van der Waals surface area contributed by atoms with E-state index in [0.717, 1.165) is 25.7 Å². The molecule has 0 aliphatic carbocycles. The average molecular weight is 565 g/mol. The van der Waals surface area contributed by atoms with E-state index in [-0.39, 0.29) is 29.1 Å². The fourth-order valence-electron chi connectivity index (χ4n) is 3.39. The first kappa shape index (κ1) is 25.9. The SMILES string of the molecule is O=C(CSc1nc2ccc(NC(=O)CSc3n[nH]c(-c4ccccc4)n3)cc2s1)NCc1ccc(F)cc1. The first-order valence-electron chi connectivity index (χ1n) is 11.5. The van der Waals surface area contributed by atoms with E-state index in [1.807, 2.05) is 42.5 Å². The lowest BCUT2D eigenvalue weighted by molar-refractivity contribution is -0.118. The van der Waals surface area contributed by atoms with Gasteiger partial charge < -0.3 is 10.6 Å². The van der Waals surface area contributed by atoms with Gasteiger partial charge in [-0.2, -0.15) is 0 Å². The van der Waals surface area contributed by atoms with E-state index in [2.05, 4.69) is 30.8 Å². The maximum absolute atomic E-state index is 13.0. The molecule has 0 unspecified atom stereocenters. The van der Waals surface area contributed by atoms with Crippen molar-refractivity contribution in [3.63, 3.8) is 0 Å². The first-order chi connectivity index (χ1) is 18.5. The standard InChI is InChI=1S/C26H21FN6O2S3/c27-18-8-6-16(7-9-18)13-28-22(34)14-37-26-30-20-11-10-19(12-21(20)38-26)29-23(35)15-36-25-31-24(32-33-25)17-4-2-1-3-5-17/h1-12H,13-15H2,(H,28,34)(H,29,35)(H,31,32,33). The third-order valence-corrected chi connectivity index (χ3v) is 8.24. The lowest BCUT2D eigenvalue weighted by atomic mass is 10.2. The van der Waals surface area contributed by atoms with E-state index in [9.17, 15) is 14.0 Å². The van der Waals surface area contributed by atoms with Crippen molar-refractivity contribution in [1.29, 1.82) is 0 Å². The summed E-state index contributed by atoms with van der Waals surface area (Å²) in [6, 6.07) is 21.2. The number of anilines is 1. The summed E-state index contributed by atoms with van der Waals surface area (Å²) in [6.45, 7) is 0.339. The maximum atomic E-state index is 13.0. The number of thiazole rings is 1. The van der Waals surface area contributed by atoms with Crippen molar-refractivity contribution in [3.05, 3.63) is 84.2 Å². The summed E-state index contributed by atoms with van der Waals surface area (Å²) in [5, 5.41) is 13.3. The highest BCUT2D eigenvalue weighted by molar-refractivity contribution is 8.01. The number of nitrogens with zero attached hydrogens (tertiary/aromatic N) is 3. The van der Waals surface area contributed by atoms with Crippen molar-refractivity contribution in [3.8, 4) is 11.4 Å². The van der Waals surface area contributed by atoms with Gasteiger partial charge in [-0.3, -0.25) is 14.7 Å². The van der Waals surface area contributed by atoms with Crippen LogP contribution in [-0.4, -0.2) is 43.5 Å². The molecule has 12 heteroatoms. The van der Waals surface area contributed by atoms with E-state index < -0.39 is 0 Å². The number of aromatic nitrogens is 4. The fourth-order valence-corrected chi connectivity index (χ4v) is 5.92. The number of thioether (sulfide) groups is 2. The van der Waals surface area contributed by atoms with E-state index in [1.54, 1.807) is 18.2 Å². The second kappa shape index (κ2) is 12.2. The van der Waals surface area contributed by atoms with Crippen LogP contribution in [0, 0.1) is 5.82 Å². The minimum Gasteiger partial charge on any atom is -0.351 e. The van der Waals surface area contributed by atoms with E-state index >= 15 is 0 Å². The van der Waals surface area contributed by atoms with Gasteiger partial charge in [0.2, 0.25) is 17.0 Å². The molecule has 0 fully saturated rings. The zero-order valence-corrected chi connectivity index (χ0v) is 22.3. The normalized spacial score (nSPS) is 11.0. The smallest absolute Gasteiger partial charge is 0.234 e. The molecule has 0 aliphatic rings. The Balaban J connectivity index is 1.10. The Kier molecular flexibility index (Phi) is 8.31. The van der Waals surface area contributed by atoms with Gasteiger partial charge in [0.05, 0.1) is 21.7 Å². The zero-order valence-electron chi connectivity index (χ0n) is 19.8. The van der Waals surface area contributed by atoms with Crippen LogP contribution >= 0.6 is 34.9 Å². The minimum absolute atomic E-state index is 0.133. The van der Waals surface area contributed by atoms with E-state index in [0.29, 0.717) is 23.2 Å². The van der Waals surface area contributed by atoms with Crippen LogP contribution in [-0.2, 0) is 16.1 Å². The van der Waals surface area contributed by atoms with Crippen LogP contribution in [0.1, 0.15) is 5.56 Å². The number of rotatable bonds is 10. The van der Waals surface area contributed by atoms with Crippen LogP contribution < -0.4 is 10.6 Å². The molecule has 0 spiro atoms. The number of aromatic amines is 1. The fraction of sp³-hybridized carbons (Fsp3) is 0.115. The van der Waals surface area contributed by atoms with Gasteiger partial charge in [0.1, 0.15) is 5.82 Å². The Morgan fingerprint density at radius 1 is 0.921 bits per heavy atom. The molecule has 0 saturated carbocycles. The number of carbonyl (C=O) groups excluding carboxylic acids is 2. The first-order valence-corrected chi connectivity index (χ1v) is 14.3. The number of hydrogen-bond acceptors (Lipinski definition) is 8. The highest BCUT2D eigenvalue weighted by Gasteiger charge is 2.12. The van der Waals surface area contributed by atoms with Crippen LogP contribution in [0.4, 0.5) is 10.1 Å². The molecule has 5 aromatic rings. The number of carbonyl (C=O) groups is 2. The van der Waals surface area contributed by atoms with Gasteiger partial charge in [0.25, 0.3) is 0 Å². The second-order valence-electron chi connectivity index (χ2n) is 8.02. The zero-order chi connectivity index (χ0) is 26.3. The predicted octanol–water partition coefficient (Wildman–Crippen LogP) is 5.36. The molecule has 38 heavy (non-hydrogen) atoms. The Hall–Kier alpha value is -3.74. The lowest BCUT2D eigenvalue weighted by Gasteiger charge is -2.04. The Morgan fingerprint density at radius 2 is 1.71 bits per heavy atom. The molecule has 3 N–H and O–H groups in total. The van der Waals surface area contributed by atoms with Crippen molar-refractivity contribution in [1.82, 2.24) is 25.5 Å². The summed E-state index contributed by atoms with van der Waals surface area (Å²) in [5.74, 6) is 0.430. The van der Waals surface area contributed by atoms with Crippen LogP contribution in [0.15, 0.2) is 82.3 Å². The van der Waals surface area contributed by atoms with Gasteiger partial charge in [-0.05, 0) is 35.9 Å². The highest BCUT2D eigenvalue weighted by atomic mass is 32.2. The molecular formula is C26H21FN6O2S3. The number of halogens is 1. The number of H-pyrrole nitrogens is 1. The number of hydrogen-bond donors (Lipinski definition) is 3. The summed E-state index contributed by atoms with van der Waals surface area (Å²) in [4.78, 5) is 33.7. The quantitative estimate of drug-likeness (QED) is 0.196. The number of nitrogens with one attached hydrogen (secondary N) is 3. The lowest BCUT2D eigenvalue weighted by Crippen LogP contribution is -2.24. The van der Waals surface area contributed by atoms with Crippen LogP contribution in [0.25, 0.3) is 21.6 Å². The Bertz CT molecular complexity index is 1560. The largest absolute Gasteiger partial charge is 0.351 e. The molecule has 0 saturated heterocycles. The van der Waals surface area contributed by atoms with Crippen LogP contribution in [0.3, 0.4) is 0 Å². The maximum Gasteiger partial charge on any atom is 0.234 e. The number of amides is 2. The monoisotopic (exact) mass is 564 g/mol. The van der Waals surface area contributed by atoms with Gasteiger partial charge in [0, 0.05) is 17.8 Å². The van der Waals surface area contributed by atoms with Crippen molar-refractivity contribution in [2.24, 2.45) is 0 Å². The van der Waals surface area contributed by atoms with E-state index in [4.69, 9.17) is 0 Å². The third kappa shape index (κ3) is 6.97. The van der Waals surface area contributed by atoms with Crippen molar-refractivity contribution < 1.29 is 14.0 Å². The average Bonchev–Trinajstić information content (AvgIpc) is 3.58. The number of benzene rings is 3. The summed E-state index contributed by atoms with van der Waals surface area (Å²) in [6.07, 6.45) is 0. The summed E-state index contributed by atoms with van der Waals surface area (Å²) in [7, 11) is 0. The molecule has 0 atom stereocenters. The molecule has 0 aliphatic heterocycles. The molecule has 192 valence electrons. The molecule has 5 rings (SSSR count). The molecule has 8 nitrogen and oxygen atoms in total. The van der Waals surface area contributed by atoms with Crippen molar-refractivity contribution in [2.75, 3.05) is 16.8 Å². The highest BCUT2D eigenvalue weighted by Crippen LogP contribution is 2.31. The van der Waals surface area contributed by atoms with Crippen LogP contribution in [0.5, 0.6) is 0 Å². The van der Waals surface area contributed by atoms with Crippen molar-refractivity contribution >= 4 is 62.6 Å². The number of fused-ring (bicyclic) bond motifs is 1. The topological polar surface area (TPSA) is 113 Å². The van der Waals surface area contributed by atoms with Gasteiger partial charge in [-0.15, -0.1) is 16.4 Å². The Labute approximate surface area is 229 Å². The molecule has 2 aromatic heterocycles. The molecule has 3 aromatic carbocycles. The summed E-state index contributed by atoms with van der Waals surface area (Å²) in [5.41, 5.74) is 3.22. The van der Waals surface area contributed by atoms with E-state index in [1.165, 1.54) is 47.0 Å². The van der Waals surface area contributed by atoms with Gasteiger partial charge in [-0.25, -0.2) is 14.4 Å². The summed E-state index contributed by atoms with van der Waals surface area (Å²) >= 11 is 4.05. The Morgan fingerprint density at radius 3 is 2.53 bits per heavy atom. The molecule has 2 heterocycles. The minimum atomic E-state index is -0.308. The molecule has 0 radical (unpaired) electrons. The van der Waals surface area contributed by atoms with Gasteiger partial charge in [0.15, 0.2) is 10.2 Å². The molecule has 2 amide bonds. The van der Waals surface area contributed by atoms with Gasteiger partial charge >= 0.3 is 0 Å². The molecule has 0 bridgehead atoms. The third-order valence-electron chi connectivity index (χ3n) is 5.23. The molecular weight excluding hydrogens is 544 g/mol. The summed E-state index contributed by atoms with van der Waals surface area (Å²) < 4.78 is 14.7. The van der Waals surface area contributed by atoms with Crippen molar-refractivity contribution in [2.45, 2.75) is 16.0 Å². The van der Waals surface area contributed by atoms with Crippen LogP contribution in [0.2, 0.25) is 0 Å². The van der Waals surface area contributed by atoms with Gasteiger partial charge in [-0.1, -0.05) is 66.0 Å². The predicted molar refractivity (Wildman–Crippen MR) is 150 cm³/mol.